The van der Waals surface area contributed by atoms with Crippen LogP contribution in [0.3, 0.4) is 0 Å². The first-order valence-electron chi connectivity index (χ1n) is 11.1. The van der Waals surface area contributed by atoms with Crippen molar-refractivity contribution < 1.29 is 9.72 Å². The van der Waals surface area contributed by atoms with E-state index in [1.807, 2.05) is 40.1 Å². The molecule has 31 heavy (non-hydrogen) atoms. The van der Waals surface area contributed by atoms with Crippen LogP contribution in [0, 0.1) is 16.0 Å². The Morgan fingerprint density at radius 2 is 1.77 bits per heavy atom. The number of para-hydroxylation sites is 1. The highest BCUT2D eigenvalue weighted by atomic mass is 16.6. The highest BCUT2D eigenvalue weighted by Crippen LogP contribution is 2.34. The summed E-state index contributed by atoms with van der Waals surface area (Å²) in [6.45, 7) is 2.20. The van der Waals surface area contributed by atoms with E-state index >= 15 is 0 Å². The summed E-state index contributed by atoms with van der Waals surface area (Å²) < 4.78 is 0. The molecule has 0 spiro atoms. The summed E-state index contributed by atoms with van der Waals surface area (Å²) in [5.41, 5.74) is 0.868. The van der Waals surface area contributed by atoms with Crippen LogP contribution in [0.5, 0.6) is 0 Å². The minimum atomic E-state index is -0.366. The van der Waals surface area contributed by atoms with Crippen molar-refractivity contribution in [1.29, 1.82) is 0 Å². The minimum absolute atomic E-state index is 0.0270. The van der Waals surface area contributed by atoms with Crippen LogP contribution in [-0.2, 0) is 0 Å². The van der Waals surface area contributed by atoms with Gasteiger partial charge in [-0.05, 0) is 49.8 Å². The number of anilines is 2. The van der Waals surface area contributed by atoms with E-state index in [2.05, 4.69) is 10.3 Å². The number of nitro groups is 1. The molecular formula is C23H29N5O3. The Bertz CT molecular complexity index is 899. The smallest absolute Gasteiger partial charge is 0.322 e. The van der Waals surface area contributed by atoms with Crippen molar-refractivity contribution in [3.05, 3.63) is 58.8 Å². The van der Waals surface area contributed by atoms with Gasteiger partial charge in [0.1, 0.15) is 0 Å². The molecule has 1 unspecified atom stereocenters. The van der Waals surface area contributed by atoms with Crippen molar-refractivity contribution >= 4 is 23.2 Å². The van der Waals surface area contributed by atoms with Gasteiger partial charge in [-0.3, -0.25) is 10.1 Å². The molecule has 2 amide bonds. The molecule has 8 heteroatoms. The maximum atomic E-state index is 13.1. The first kappa shape index (κ1) is 21.1. The largest absolute Gasteiger partial charge is 0.351 e. The predicted molar refractivity (Wildman–Crippen MR) is 120 cm³/mol. The lowest BCUT2D eigenvalue weighted by Gasteiger charge is -2.40. The van der Waals surface area contributed by atoms with Gasteiger partial charge in [0.25, 0.3) is 0 Å². The van der Waals surface area contributed by atoms with Crippen LogP contribution in [0.15, 0.2) is 48.7 Å². The number of amides is 2. The topological polar surface area (TPSA) is 91.6 Å². The van der Waals surface area contributed by atoms with Gasteiger partial charge in [0.15, 0.2) is 0 Å². The van der Waals surface area contributed by atoms with Gasteiger partial charge in [-0.15, -0.1) is 0 Å². The van der Waals surface area contributed by atoms with Crippen LogP contribution in [-0.4, -0.2) is 46.5 Å². The molecule has 1 aromatic carbocycles. The number of aromatic nitrogens is 1. The first-order valence-corrected chi connectivity index (χ1v) is 11.1. The summed E-state index contributed by atoms with van der Waals surface area (Å²) in [7, 11) is 0. The Balaban J connectivity index is 1.44. The van der Waals surface area contributed by atoms with Gasteiger partial charge in [0, 0.05) is 43.6 Å². The van der Waals surface area contributed by atoms with Crippen LogP contribution in [0.1, 0.15) is 38.5 Å². The standard InChI is InChI=1S/C23H29N5O3/c29-23(25-19-8-3-1-4-9-19)27-15-6-2-5-10-20(27)18-12-16-26(17-13-18)22-21(28(30)31)11-7-14-24-22/h1,3-4,7-9,11,14,18,20H,2,5-6,10,12-13,15-17H2,(H,25,29). The summed E-state index contributed by atoms with van der Waals surface area (Å²) >= 11 is 0. The molecule has 2 aliphatic rings. The van der Waals surface area contributed by atoms with E-state index in [1.54, 1.807) is 12.3 Å². The Kier molecular flexibility index (Phi) is 6.64. The number of likely N-dealkylation sites (tertiary alicyclic amines) is 1. The van der Waals surface area contributed by atoms with E-state index in [0.29, 0.717) is 24.8 Å². The van der Waals surface area contributed by atoms with Crippen molar-refractivity contribution in [2.24, 2.45) is 5.92 Å². The predicted octanol–water partition coefficient (Wildman–Crippen LogP) is 4.68. The Morgan fingerprint density at radius 3 is 2.52 bits per heavy atom. The van der Waals surface area contributed by atoms with Crippen LogP contribution in [0.25, 0.3) is 0 Å². The van der Waals surface area contributed by atoms with Crippen LogP contribution >= 0.6 is 0 Å². The lowest BCUT2D eigenvalue weighted by molar-refractivity contribution is -0.384. The lowest BCUT2D eigenvalue weighted by Crippen LogP contribution is -2.49. The average molecular weight is 424 g/mol. The molecular weight excluding hydrogens is 394 g/mol. The van der Waals surface area contributed by atoms with E-state index in [1.165, 1.54) is 6.07 Å². The molecule has 2 saturated heterocycles. The number of carbonyl (C=O) groups excluding carboxylic acids is 1. The normalized spacial score (nSPS) is 20.2. The molecule has 0 radical (unpaired) electrons. The number of hydrogen-bond acceptors (Lipinski definition) is 5. The lowest BCUT2D eigenvalue weighted by atomic mass is 9.86. The number of piperidine rings is 1. The second-order valence-corrected chi connectivity index (χ2v) is 8.33. The Morgan fingerprint density at radius 1 is 1.00 bits per heavy atom. The molecule has 0 saturated carbocycles. The second kappa shape index (κ2) is 9.76. The minimum Gasteiger partial charge on any atom is -0.351 e. The number of nitrogens with zero attached hydrogens (tertiary/aromatic N) is 4. The first-order chi connectivity index (χ1) is 15.1. The van der Waals surface area contributed by atoms with Gasteiger partial charge in [-0.25, -0.2) is 9.78 Å². The SMILES string of the molecule is O=C(Nc1ccccc1)N1CCCCCC1C1CCN(c2ncccc2[N+](=O)[O-])CC1. The van der Waals surface area contributed by atoms with E-state index in [-0.39, 0.29) is 22.7 Å². The highest BCUT2D eigenvalue weighted by Gasteiger charge is 2.35. The fraction of sp³-hybridized carbons (Fsp3) is 0.478. The number of hydrogen-bond donors (Lipinski definition) is 1. The zero-order valence-corrected chi connectivity index (χ0v) is 17.7. The van der Waals surface area contributed by atoms with Gasteiger partial charge < -0.3 is 15.1 Å². The molecule has 0 bridgehead atoms. The summed E-state index contributed by atoms with van der Waals surface area (Å²) in [6.07, 6.45) is 7.71. The fourth-order valence-corrected chi connectivity index (χ4v) is 4.86. The van der Waals surface area contributed by atoms with E-state index in [0.717, 1.165) is 50.8 Å². The van der Waals surface area contributed by atoms with Gasteiger partial charge in [0.2, 0.25) is 5.82 Å². The van der Waals surface area contributed by atoms with Crippen LogP contribution in [0.4, 0.5) is 22.0 Å². The summed E-state index contributed by atoms with van der Waals surface area (Å²) in [6, 6.07) is 12.9. The number of nitrogens with one attached hydrogen (secondary N) is 1. The van der Waals surface area contributed by atoms with E-state index in [9.17, 15) is 14.9 Å². The van der Waals surface area contributed by atoms with Gasteiger partial charge in [-0.2, -0.15) is 0 Å². The van der Waals surface area contributed by atoms with Crippen molar-refractivity contribution in [3.8, 4) is 0 Å². The summed E-state index contributed by atoms with van der Waals surface area (Å²) in [4.78, 5) is 32.4. The molecule has 2 aromatic rings. The highest BCUT2D eigenvalue weighted by molar-refractivity contribution is 5.89. The maximum Gasteiger partial charge on any atom is 0.322 e. The third-order valence-electron chi connectivity index (χ3n) is 6.43. The van der Waals surface area contributed by atoms with Gasteiger partial charge in [-0.1, -0.05) is 31.0 Å². The molecule has 1 aromatic heterocycles. The maximum absolute atomic E-state index is 13.1. The van der Waals surface area contributed by atoms with Crippen molar-refractivity contribution in [3.63, 3.8) is 0 Å². The Labute approximate surface area is 182 Å². The third kappa shape index (κ3) is 4.95. The van der Waals surface area contributed by atoms with E-state index in [4.69, 9.17) is 0 Å². The second-order valence-electron chi connectivity index (χ2n) is 8.33. The molecule has 8 nitrogen and oxygen atoms in total. The summed E-state index contributed by atoms with van der Waals surface area (Å²) in [5.74, 6) is 0.837. The fourth-order valence-electron chi connectivity index (χ4n) is 4.86. The van der Waals surface area contributed by atoms with Crippen LogP contribution < -0.4 is 10.2 Å². The number of rotatable bonds is 4. The molecule has 2 fully saturated rings. The molecule has 164 valence electrons. The summed E-state index contributed by atoms with van der Waals surface area (Å²) in [5, 5.41) is 14.4. The Hall–Kier alpha value is -3.16. The average Bonchev–Trinajstić information content (AvgIpc) is 3.06. The molecule has 0 aliphatic carbocycles. The van der Waals surface area contributed by atoms with E-state index < -0.39 is 0 Å². The number of pyridine rings is 1. The van der Waals surface area contributed by atoms with Gasteiger partial charge in [0.05, 0.1) is 4.92 Å². The van der Waals surface area contributed by atoms with Crippen molar-refractivity contribution in [1.82, 2.24) is 9.88 Å². The number of carbonyl (C=O) groups is 1. The number of benzene rings is 1. The zero-order chi connectivity index (χ0) is 21.6. The van der Waals surface area contributed by atoms with Crippen LogP contribution in [0.2, 0.25) is 0 Å². The zero-order valence-electron chi connectivity index (χ0n) is 17.7. The third-order valence-corrected chi connectivity index (χ3v) is 6.43. The monoisotopic (exact) mass is 423 g/mol. The molecule has 4 rings (SSSR count). The molecule has 2 aliphatic heterocycles. The van der Waals surface area contributed by atoms with Gasteiger partial charge >= 0.3 is 11.7 Å². The molecule has 3 heterocycles. The van der Waals surface area contributed by atoms with Crippen molar-refractivity contribution in [2.45, 2.75) is 44.6 Å². The molecule has 1 N–H and O–H groups in total. The quantitative estimate of drug-likeness (QED) is 0.569. The number of urea groups is 1. The molecule has 1 atom stereocenters. The van der Waals surface area contributed by atoms with Crippen molar-refractivity contribution in [2.75, 3.05) is 29.9 Å².